The van der Waals surface area contributed by atoms with Crippen LogP contribution in [-0.4, -0.2) is 36.0 Å². The molecule has 5 nitrogen and oxygen atoms in total. The fraction of sp³-hybridized carbons (Fsp3) is 0.240. The number of nitrogens with zero attached hydrogens (tertiary/aromatic N) is 3. The quantitative estimate of drug-likeness (QED) is 0.580. The molecule has 0 aliphatic carbocycles. The van der Waals surface area contributed by atoms with Crippen LogP contribution in [0.2, 0.25) is 0 Å². The van der Waals surface area contributed by atoms with Crippen LogP contribution in [0, 0.1) is 6.92 Å². The molecular weight excluding hydrogens is 406 g/mol. The van der Waals surface area contributed by atoms with Gasteiger partial charge in [0.2, 0.25) is 0 Å². The van der Waals surface area contributed by atoms with E-state index in [9.17, 15) is 8.42 Å². The van der Waals surface area contributed by atoms with Gasteiger partial charge in [-0.1, -0.05) is 78.4 Å². The molecule has 0 saturated carbocycles. The molecule has 1 atom stereocenters. The van der Waals surface area contributed by atoms with E-state index >= 15 is 0 Å². The molecule has 1 aliphatic heterocycles. The molecule has 3 aromatic rings. The van der Waals surface area contributed by atoms with E-state index in [1.165, 1.54) is 4.41 Å². The van der Waals surface area contributed by atoms with Gasteiger partial charge in [-0.15, -0.1) is 0 Å². The van der Waals surface area contributed by atoms with Crippen molar-refractivity contribution in [3.63, 3.8) is 0 Å². The maximum absolute atomic E-state index is 13.8. The van der Waals surface area contributed by atoms with Gasteiger partial charge in [0, 0.05) is 12.6 Å². The molecular formula is C25H27N3O2S. The van der Waals surface area contributed by atoms with E-state index in [-0.39, 0.29) is 10.9 Å². The summed E-state index contributed by atoms with van der Waals surface area (Å²) >= 11 is 0. The minimum absolute atomic E-state index is 0.107. The zero-order valence-corrected chi connectivity index (χ0v) is 18.8. The smallest absolute Gasteiger partial charge is 0.269 e. The monoisotopic (exact) mass is 433 g/mol. The van der Waals surface area contributed by atoms with Crippen molar-refractivity contribution < 1.29 is 8.42 Å². The second-order valence-electron chi connectivity index (χ2n) is 8.05. The van der Waals surface area contributed by atoms with Gasteiger partial charge in [0.05, 0.1) is 10.6 Å². The lowest BCUT2D eigenvalue weighted by Crippen LogP contribution is -2.51. The largest absolute Gasteiger partial charge is 0.280 e. The summed E-state index contributed by atoms with van der Waals surface area (Å²) in [7, 11) is -3.88. The average Bonchev–Trinajstić information content (AvgIpc) is 2.79. The van der Waals surface area contributed by atoms with Gasteiger partial charge in [0.15, 0.2) is 0 Å². The van der Waals surface area contributed by atoms with Gasteiger partial charge in [-0.3, -0.25) is 4.90 Å². The molecule has 31 heavy (non-hydrogen) atoms. The molecule has 0 fully saturated rings. The first kappa shape index (κ1) is 21.3. The highest BCUT2D eigenvalue weighted by molar-refractivity contribution is 7.89. The Kier molecular flexibility index (Phi) is 5.94. The number of rotatable bonds is 5. The molecule has 160 valence electrons. The number of hydrazone groups is 1. The fourth-order valence-electron chi connectivity index (χ4n) is 3.78. The summed E-state index contributed by atoms with van der Waals surface area (Å²) < 4.78 is 28.9. The van der Waals surface area contributed by atoms with E-state index in [2.05, 4.69) is 18.7 Å². The molecule has 0 bridgehead atoms. The van der Waals surface area contributed by atoms with Crippen LogP contribution in [0.4, 0.5) is 0 Å². The Balaban J connectivity index is 1.91. The Morgan fingerprint density at radius 3 is 2.03 bits per heavy atom. The maximum atomic E-state index is 13.8. The zero-order valence-electron chi connectivity index (χ0n) is 18.0. The second-order valence-corrected chi connectivity index (χ2v) is 9.85. The molecule has 3 aromatic carbocycles. The fourth-order valence-corrected chi connectivity index (χ4v) is 5.19. The second kappa shape index (κ2) is 8.65. The molecule has 1 aliphatic rings. The summed E-state index contributed by atoms with van der Waals surface area (Å²) in [6, 6.07) is 26.5. The van der Waals surface area contributed by atoms with Crippen molar-refractivity contribution in [3.05, 3.63) is 102 Å². The van der Waals surface area contributed by atoms with Crippen molar-refractivity contribution in [1.82, 2.24) is 9.31 Å². The number of hydrogen-bond acceptors (Lipinski definition) is 4. The van der Waals surface area contributed by atoms with Crippen molar-refractivity contribution in [1.29, 1.82) is 0 Å². The lowest BCUT2D eigenvalue weighted by Gasteiger charge is -2.43. The summed E-state index contributed by atoms with van der Waals surface area (Å²) in [6.45, 7) is 6.67. The van der Waals surface area contributed by atoms with Crippen molar-refractivity contribution >= 4 is 15.7 Å². The van der Waals surface area contributed by atoms with Crippen molar-refractivity contribution in [2.24, 2.45) is 5.10 Å². The zero-order chi connectivity index (χ0) is 22.0. The Bertz CT molecular complexity index is 1160. The Morgan fingerprint density at radius 2 is 1.45 bits per heavy atom. The van der Waals surface area contributed by atoms with E-state index < -0.39 is 16.2 Å². The van der Waals surface area contributed by atoms with Crippen LogP contribution in [0.25, 0.3) is 0 Å². The molecule has 0 aromatic heterocycles. The lowest BCUT2D eigenvalue weighted by atomic mass is 10.1. The minimum atomic E-state index is -3.88. The third-order valence-electron chi connectivity index (χ3n) is 5.51. The van der Waals surface area contributed by atoms with E-state index in [1.807, 2.05) is 79.7 Å². The van der Waals surface area contributed by atoms with E-state index in [0.717, 1.165) is 22.4 Å². The van der Waals surface area contributed by atoms with Crippen LogP contribution in [0.3, 0.4) is 0 Å². The number of sulfonamides is 1. The minimum Gasteiger partial charge on any atom is -0.269 e. The molecule has 0 N–H and O–H groups in total. The molecule has 4 rings (SSSR count). The third-order valence-corrected chi connectivity index (χ3v) is 7.15. The third kappa shape index (κ3) is 4.27. The normalized spacial score (nSPS) is 17.6. The van der Waals surface area contributed by atoms with Crippen LogP contribution in [0.15, 0.2) is 94.9 Å². The molecule has 0 saturated heterocycles. The maximum Gasteiger partial charge on any atom is 0.280 e. The van der Waals surface area contributed by atoms with E-state index in [1.54, 1.807) is 12.1 Å². The molecule has 1 heterocycles. The predicted molar refractivity (Wildman–Crippen MR) is 124 cm³/mol. The van der Waals surface area contributed by atoms with Gasteiger partial charge < -0.3 is 0 Å². The van der Waals surface area contributed by atoms with Gasteiger partial charge >= 0.3 is 0 Å². The Morgan fingerprint density at radius 1 is 0.871 bits per heavy atom. The highest BCUT2D eigenvalue weighted by Gasteiger charge is 2.40. The van der Waals surface area contributed by atoms with Gasteiger partial charge in [-0.05, 0) is 44.0 Å². The molecule has 0 spiro atoms. The summed E-state index contributed by atoms with van der Waals surface area (Å²) in [5.74, 6) is 0. The predicted octanol–water partition coefficient (Wildman–Crippen LogP) is 4.81. The van der Waals surface area contributed by atoms with Crippen LogP contribution >= 0.6 is 0 Å². The van der Waals surface area contributed by atoms with Gasteiger partial charge in [-0.2, -0.15) is 17.9 Å². The van der Waals surface area contributed by atoms with Gasteiger partial charge in [-0.25, -0.2) is 0 Å². The van der Waals surface area contributed by atoms with E-state index in [4.69, 9.17) is 5.10 Å². The van der Waals surface area contributed by atoms with Crippen molar-refractivity contribution in [2.75, 3.05) is 6.54 Å². The molecule has 0 amide bonds. The van der Waals surface area contributed by atoms with Crippen LogP contribution in [0.5, 0.6) is 0 Å². The molecule has 6 heteroatoms. The van der Waals surface area contributed by atoms with Crippen LogP contribution < -0.4 is 0 Å². The average molecular weight is 434 g/mol. The first-order valence-electron chi connectivity index (χ1n) is 10.4. The standard InChI is InChI=1S/C25H27N3O2S/c1-19(2)27-18-24(21-10-6-4-7-11-21)26-28(25(27)22-12-8-5-9-13-22)31(29,30)23-16-14-20(3)15-17-23/h4-17,19,25H,18H2,1-3H3. The highest BCUT2D eigenvalue weighted by Crippen LogP contribution is 2.36. The first-order valence-corrected chi connectivity index (χ1v) is 11.9. The number of benzene rings is 3. The highest BCUT2D eigenvalue weighted by atomic mass is 32.2. The van der Waals surface area contributed by atoms with Crippen molar-refractivity contribution in [2.45, 2.75) is 37.9 Å². The summed E-state index contributed by atoms with van der Waals surface area (Å²) in [5, 5.41) is 4.73. The topological polar surface area (TPSA) is 53.0 Å². The molecule has 0 radical (unpaired) electrons. The summed E-state index contributed by atoms with van der Waals surface area (Å²) in [4.78, 5) is 2.41. The van der Waals surface area contributed by atoms with Crippen LogP contribution in [-0.2, 0) is 10.0 Å². The summed E-state index contributed by atoms with van der Waals surface area (Å²) in [6.07, 6.45) is -0.528. The first-order chi connectivity index (χ1) is 14.9. The van der Waals surface area contributed by atoms with Gasteiger partial charge in [0.25, 0.3) is 10.0 Å². The lowest BCUT2D eigenvalue weighted by molar-refractivity contribution is 0.0746. The Hall–Kier alpha value is -2.96. The van der Waals surface area contributed by atoms with E-state index in [0.29, 0.717) is 6.54 Å². The SMILES string of the molecule is Cc1ccc(S(=O)(=O)N2N=C(c3ccccc3)CN(C(C)C)C2c2ccccc2)cc1. The van der Waals surface area contributed by atoms with Gasteiger partial charge in [0.1, 0.15) is 6.17 Å². The van der Waals surface area contributed by atoms with Crippen LogP contribution in [0.1, 0.15) is 36.7 Å². The van der Waals surface area contributed by atoms with Crippen molar-refractivity contribution in [3.8, 4) is 0 Å². The Labute approximate surface area is 184 Å². The summed E-state index contributed by atoms with van der Waals surface area (Å²) in [5.41, 5.74) is 3.55. The number of aryl methyl sites for hydroxylation is 1. The molecule has 1 unspecified atom stereocenters. The number of hydrogen-bond donors (Lipinski definition) is 0.